The normalized spacial score (nSPS) is 16.5. The van der Waals surface area contributed by atoms with Crippen LogP contribution in [0.2, 0.25) is 0 Å². The van der Waals surface area contributed by atoms with Crippen LogP contribution in [0.5, 0.6) is 0 Å². The molecule has 0 aliphatic carbocycles. The molecule has 0 bridgehead atoms. The molecular formula is C23H26F3N5. The maximum Gasteiger partial charge on any atom is 0.416 e. The molecule has 5 nitrogen and oxygen atoms in total. The Bertz CT molecular complexity index is 1070. The Morgan fingerprint density at radius 2 is 1.81 bits per heavy atom. The molecule has 3 aromatic rings. The number of piperazine rings is 1. The number of hydrogen-bond acceptors (Lipinski definition) is 5. The van der Waals surface area contributed by atoms with E-state index in [1.807, 2.05) is 13.0 Å². The summed E-state index contributed by atoms with van der Waals surface area (Å²) in [4.78, 5) is 4.64. The molecule has 0 unspecified atom stereocenters. The second kappa shape index (κ2) is 8.34. The lowest BCUT2D eigenvalue weighted by Crippen LogP contribution is -2.44. The first-order valence-electron chi connectivity index (χ1n) is 10.4. The molecular weight excluding hydrogens is 403 g/mol. The van der Waals surface area contributed by atoms with Crippen molar-refractivity contribution in [3.8, 4) is 0 Å². The van der Waals surface area contributed by atoms with Crippen molar-refractivity contribution in [2.45, 2.75) is 26.1 Å². The maximum atomic E-state index is 13.3. The van der Waals surface area contributed by atoms with Gasteiger partial charge in [-0.2, -0.15) is 18.3 Å². The zero-order valence-electron chi connectivity index (χ0n) is 17.9. The summed E-state index contributed by atoms with van der Waals surface area (Å²) < 4.78 is 40.0. The number of nitrogens with one attached hydrogen (secondary N) is 1. The van der Waals surface area contributed by atoms with E-state index in [1.165, 1.54) is 13.0 Å². The Hall–Kier alpha value is -2.87. The minimum Gasteiger partial charge on any atom is -0.369 e. The van der Waals surface area contributed by atoms with Gasteiger partial charge in [0.15, 0.2) is 5.82 Å². The van der Waals surface area contributed by atoms with E-state index in [2.05, 4.69) is 44.5 Å². The molecule has 1 atom stereocenters. The van der Waals surface area contributed by atoms with Crippen molar-refractivity contribution in [2.75, 3.05) is 43.4 Å². The molecule has 2 aromatic carbocycles. The summed E-state index contributed by atoms with van der Waals surface area (Å²) in [5.41, 5.74) is 1.31. The Morgan fingerprint density at radius 3 is 2.52 bits per heavy atom. The minimum atomic E-state index is -4.38. The number of rotatable bonds is 4. The van der Waals surface area contributed by atoms with E-state index in [4.69, 9.17) is 0 Å². The number of nitrogens with zero attached hydrogens (tertiary/aromatic N) is 4. The molecule has 1 fully saturated rings. The van der Waals surface area contributed by atoms with Crippen LogP contribution in [0.15, 0.2) is 42.6 Å². The van der Waals surface area contributed by atoms with Gasteiger partial charge in [0.25, 0.3) is 0 Å². The highest BCUT2D eigenvalue weighted by Crippen LogP contribution is 2.35. The largest absolute Gasteiger partial charge is 0.416 e. The number of alkyl halides is 3. The second-order valence-electron chi connectivity index (χ2n) is 8.14. The molecule has 1 aliphatic rings. The zero-order valence-corrected chi connectivity index (χ0v) is 17.9. The van der Waals surface area contributed by atoms with Gasteiger partial charge in [-0.1, -0.05) is 18.2 Å². The van der Waals surface area contributed by atoms with Gasteiger partial charge in [-0.25, -0.2) is 0 Å². The highest BCUT2D eigenvalue weighted by Gasteiger charge is 2.33. The van der Waals surface area contributed by atoms with Crippen LogP contribution in [0, 0.1) is 6.92 Å². The van der Waals surface area contributed by atoms with Crippen LogP contribution in [-0.2, 0) is 6.18 Å². The molecule has 4 rings (SSSR count). The molecule has 0 saturated carbocycles. The first-order chi connectivity index (χ1) is 14.7. The number of benzene rings is 2. The molecule has 1 aliphatic heterocycles. The SMILES string of the molecule is Cc1c([C@@H](C)Nc2nncc3ccc(N4CCN(C)CC4)cc23)cccc1C(F)(F)F. The van der Waals surface area contributed by atoms with Crippen molar-refractivity contribution in [3.05, 3.63) is 59.3 Å². The fourth-order valence-corrected chi connectivity index (χ4v) is 4.15. The summed E-state index contributed by atoms with van der Waals surface area (Å²) >= 11 is 0. The van der Waals surface area contributed by atoms with Gasteiger partial charge in [0.2, 0.25) is 0 Å². The number of aromatic nitrogens is 2. The molecule has 1 N–H and O–H groups in total. The first kappa shape index (κ1) is 21.4. The molecule has 0 amide bonds. The predicted octanol–water partition coefficient (Wildman–Crippen LogP) is 4.88. The average molecular weight is 429 g/mol. The predicted molar refractivity (Wildman–Crippen MR) is 117 cm³/mol. The van der Waals surface area contributed by atoms with Crippen molar-refractivity contribution in [1.29, 1.82) is 0 Å². The fourth-order valence-electron chi connectivity index (χ4n) is 4.15. The molecule has 1 saturated heterocycles. The van der Waals surface area contributed by atoms with Gasteiger partial charge in [0, 0.05) is 42.6 Å². The number of hydrogen-bond donors (Lipinski definition) is 1. The monoisotopic (exact) mass is 429 g/mol. The van der Waals surface area contributed by atoms with Crippen molar-refractivity contribution >= 4 is 22.3 Å². The van der Waals surface area contributed by atoms with Gasteiger partial charge < -0.3 is 15.1 Å². The van der Waals surface area contributed by atoms with Crippen molar-refractivity contribution < 1.29 is 13.2 Å². The van der Waals surface area contributed by atoms with E-state index in [-0.39, 0.29) is 11.6 Å². The van der Waals surface area contributed by atoms with Gasteiger partial charge in [-0.15, -0.1) is 5.10 Å². The zero-order chi connectivity index (χ0) is 22.2. The number of anilines is 2. The van der Waals surface area contributed by atoms with Gasteiger partial charge in [-0.3, -0.25) is 0 Å². The lowest BCUT2D eigenvalue weighted by Gasteiger charge is -2.34. The summed E-state index contributed by atoms with van der Waals surface area (Å²) in [7, 11) is 2.12. The summed E-state index contributed by atoms with van der Waals surface area (Å²) in [6.07, 6.45) is -2.68. The molecule has 0 spiro atoms. The third kappa shape index (κ3) is 4.44. The highest BCUT2D eigenvalue weighted by atomic mass is 19.4. The average Bonchev–Trinajstić information content (AvgIpc) is 2.73. The van der Waals surface area contributed by atoms with Crippen LogP contribution in [0.25, 0.3) is 10.8 Å². The smallest absolute Gasteiger partial charge is 0.369 e. The van der Waals surface area contributed by atoms with Crippen LogP contribution >= 0.6 is 0 Å². The van der Waals surface area contributed by atoms with Gasteiger partial charge in [-0.05, 0) is 50.2 Å². The highest BCUT2D eigenvalue weighted by molar-refractivity contribution is 5.93. The van der Waals surface area contributed by atoms with Gasteiger partial charge >= 0.3 is 6.18 Å². The summed E-state index contributed by atoms with van der Waals surface area (Å²) in [5, 5.41) is 13.5. The van der Waals surface area contributed by atoms with Crippen molar-refractivity contribution in [3.63, 3.8) is 0 Å². The van der Waals surface area contributed by atoms with Crippen molar-refractivity contribution in [1.82, 2.24) is 15.1 Å². The van der Waals surface area contributed by atoms with E-state index in [0.717, 1.165) is 48.7 Å². The van der Waals surface area contributed by atoms with E-state index < -0.39 is 11.7 Å². The molecule has 2 heterocycles. The molecule has 1 aromatic heterocycles. The Kier molecular flexibility index (Phi) is 5.75. The van der Waals surface area contributed by atoms with E-state index in [9.17, 15) is 13.2 Å². The Morgan fingerprint density at radius 1 is 1.06 bits per heavy atom. The van der Waals surface area contributed by atoms with Crippen LogP contribution < -0.4 is 10.2 Å². The third-order valence-corrected chi connectivity index (χ3v) is 6.02. The third-order valence-electron chi connectivity index (χ3n) is 6.02. The number of halogens is 3. The molecule has 164 valence electrons. The lowest BCUT2D eigenvalue weighted by atomic mass is 9.97. The van der Waals surface area contributed by atoms with E-state index in [0.29, 0.717) is 11.4 Å². The van der Waals surface area contributed by atoms with Gasteiger partial charge in [0.1, 0.15) is 0 Å². The number of fused-ring (bicyclic) bond motifs is 1. The van der Waals surface area contributed by atoms with Crippen LogP contribution in [0.4, 0.5) is 24.7 Å². The first-order valence-corrected chi connectivity index (χ1v) is 10.4. The number of likely N-dealkylation sites (N-methyl/N-ethyl adjacent to an activating group) is 1. The topological polar surface area (TPSA) is 44.3 Å². The molecule has 31 heavy (non-hydrogen) atoms. The Balaban J connectivity index is 1.65. The van der Waals surface area contributed by atoms with E-state index in [1.54, 1.807) is 12.3 Å². The fraction of sp³-hybridized carbons (Fsp3) is 0.391. The molecule has 0 radical (unpaired) electrons. The standard InChI is InChI=1S/C23H26F3N5/c1-15-19(5-4-6-21(15)23(24,25)26)16(2)28-22-20-13-18(8-7-17(20)14-27-29-22)31-11-9-30(3)10-12-31/h4-8,13-14,16H,9-12H2,1-3H3,(H,28,29)/t16-/m1/s1. The van der Waals surface area contributed by atoms with Crippen LogP contribution in [0.3, 0.4) is 0 Å². The summed E-state index contributed by atoms with van der Waals surface area (Å²) in [6, 6.07) is 10.1. The molecule has 8 heteroatoms. The van der Waals surface area contributed by atoms with Crippen LogP contribution in [0.1, 0.15) is 29.7 Å². The van der Waals surface area contributed by atoms with Crippen LogP contribution in [-0.4, -0.2) is 48.3 Å². The maximum absolute atomic E-state index is 13.3. The minimum absolute atomic E-state index is 0.223. The second-order valence-corrected chi connectivity index (χ2v) is 8.14. The summed E-state index contributed by atoms with van der Waals surface area (Å²) in [5.74, 6) is 0.567. The van der Waals surface area contributed by atoms with Gasteiger partial charge in [0.05, 0.1) is 17.8 Å². The Labute approximate surface area is 179 Å². The lowest BCUT2D eigenvalue weighted by molar-refractivity contribution is -0.138. The van der Waals surface area contributed by atoms with E-state index >= 15 is 0 Å². The summed E-state index contributed by atoms with van der Waals surface area (Å²) in [6.45, 7) is 7.25. The quantitative estimate of drug-likeness (QED) is 0.640. The van der Waals surface area contributed by atoms with Crippen molar-refractivity contribution in [2.24, 2.45) is 0 Å².